The summed E-state index contributed by atoms with van der Waals surface area (Å²) in [5, 5.41) is 5.51. The molecule has 30 heavy (non-hydrogen) atoms. The fourth-order valence-electron chi connectivity index (χ4n) is 3.71. The summed E-state index contributed by atoms with van der Waals surface area (Å²) < 4.78 is 0. The van der Waals surface area contributed by atoms with Gasteiger partial charge in [-0.2, -0.15) is 0 Å². The van der Waals surface area contributed by atoms with Crippen molar-refractivity contribution in [3.8, 4) is 0 Å². The number of hydrogen-bond acceptors (Lipinski definition) is 4. The SMILES string of the molecule is C[C@@H](NC(c1ccccc1)c1ccc(CC2SC(=O)NC2=O)cc1)c1ccccc1. The van der Waals surface area contributed by atoms with Crippen LogP contribution in [-0.4, -0.2) is 16.4 Å². The zero-order valence-electron chi connectivity index (χ0n) is 16.7. The molecule has 0 radical (unpaired) electrons. The van der Waals surface area contributed by atoms with Gasteiger partial charge in [0.1, 0.15) is 0 Å². The standard InChI is InChI=1S/C25H24N2O2S/c1-17(19-8-4-2-5-9-19)26-23(20-10-6-3-7-11-20)21-14-12-18(13-15-21)16-22-24(28)27-25(29)30-22/h2-15,17,22-23,26H,16H2,1H3,(H,27,28,29)/t17-,22?,23?/m1/s1. The van der Waals surface area contributed by atoms with E-state index in [-0.39, 0.29) is 28.5 Å². The van der Waals surface area contributed by atoms with Gasteiger partial charge in [0.05, 0.1) is 11.3 Å². The van der Waals surface area contributed by atoms with Crippen molar-refractivity contribution in [3.05, 3.63) is 107 Å². The van der Waals surface area contributed by atoms with Crippen LogP contribution in [0.1, 0.15) is 41.3 Å². The number of hydrogen-bond donors (Lipinski definition) is 2. The molecule has 0 aliphatic carbocycles. The van der Waals surface area contributed by atoms with E-state index >= 15 is 0 Å². The molecule has 4 rings (SSSR count). The minimum Gasteiger partial charge on any atom is -0.300 e. The molecule has 0 aromatic heterocycles. The summed E-state index contributed by atoms with van der Waals surface area (Å²) in [4.78, 5) is 23.2. The quantitative estimate of drug-likeness (QED) is 0.568. The molecule has 1 aliphatic rings. The van der Waals surface area contributed by atoms with Crippen LogP contribution < -0.4 is 10.6 Å². The van der Waals surface area contributed by atoms with Crippen molar-refractivity contribution < 1.29 is 9.59 Å². The Balaban J connectivity index is 1.55. The van der Waals surface area contributed by atoms with Gasteiger partial charge in [-0.1, -0.05) is 96.7 Å². The minimum absolute atomic E-state index is 0.0428. The molecule has 3 aromatic rings. The van der Waals surface area contributed by atoms with Gasteiger partial charge >= 0.3 is 0 Å². The third kappa shape index (κ3) is 4.81. The van der Waals surface area contributed by atoms with Crippen molar-refractivity contribution in [1.29, 1.82) is 0 Å². The van der Waals surface area contributed by atoms with E-state index in [1.54, 1.807) is 0 Å². The molecular weight excluding hydrogens is 392 g/mol. The van der Waals surface area contributed by atoms with E-state index in [0.717, 1.165) is 22.9 Å². The molecule has 3 aromatic carbocycles. The van der Waals surface area contributed by atoms with Gasteiger partial charge in [0.2, 0.25) is 5.91 Å². The molecule has 0 spiro atoms. The lowest BCUT2D eigenvalue weighted by Gasteiger charge is -2.25. The second-order valence-corrected chi connectivity index (χ2v) is 8.65. The maximum Gasteiger partial charge on any atom is 0.286 e. The minimum atomic E-state index is -0.343. The summed E-state index contributed by atoms with van der Waals surface area (Å²) >= 11 is 1.07. The average molecular weight is 417 g/mol. The molecule has 1 saturated heterocycles. The van der Waals surface area contributed by atoms with Gasteiger partial charge in [0, 0.05) is 6.04 Å². The highest BCUT2D eigenvalue weighted by Crippen LogP contribution is 2.28. The predicted octanol–water partition coefficient (Wildman–Crippen LogP) is 5.02. The lowest BCUT2D eigenvalue weighted by molar-refractivity contribution is -0.118. The first-order chi connectivity index (χ1) is 14.6. The smallest absolute Gasteiger partial charge is 0.286 e. The summed E-state index contributed by atoms with van der Waals surface area (Å²) in [5.41, 5.74) is 4.64. The molecule has 1 fully saturated rings. The number of carbonyl (C=O) groups excluding carboxylic acids is 2. The Morgan fingerprint density at radius 3 is 1.97 bits per heavy atom. The number of rotatable bonds is 7. The fraction of sp³-hybridized carbons (Fsp3) is 0.200. The highest BCUT2D eigenvalue weighted by atomic mass is 32.2. The van der Waals surface area contributed by atoms with Gasteiger partial charge in [0.15, 0.2) is 0 Å². The molecule has 1 heterocycles. The predicted molar refractivity (Wildman–Crippen MR) is 121 cm³/mol. The van der Waals surface area contributed by atoms with Gasteiger partial charge in [-0.3, -0.25) is 20.2 Å². The van der Waals surface area contributed by atoms with E-state index in [1.165, 1.54) is 11.1 Å². The van der Waals surface area contributed by atoms with E-state index in [9.17, 15) is 9.59 Å². The lowest BCUT2D eigenvalue weighted by atomic mass is 9.95. The molecule has 2 unspecified atom stereocenters. The number of imide groups is 1. The van der Waals surface area contributed by atoms with Gasteiger partial charge in [-0.05, 0) is 35.6 Å². The van der Waals surface area contributed by atoms with Crippen LogP contribution in [0.25, 0.3) is 0 Å². The molecule has 2 amide bonds. The molecule has 4 nitrogen and oxygen atoms in total. The molecule has 5 heteroatoms. The monoisotopic (exact) mass is 416 g/mol. The first-order valence-electron chi connectivity index (χ1n) is 10.1. The van der Waals surface area contributed by atoms with E-state index in [0.29, 0.717) is 6.42 Å². The Bertz CT molecular complexity index is 1010. The lowest BCUT2D eigenvalue weighted by Crippen LogP contribution is -2.26. The first-order valence-corrected chi connectivity index (χ1v) is 10.9. The van der Waals surface area contributed by atoms with Crippen molar-refractivity contribution >= 4 is 22.9 Å². The van der Waals surface area contributed by atoms with Crippen molar-refractivity contribution in [1.82, 2.24) is 10.6 Å². The van der Waals surface area contributed by atoms with Gasteiger partial charge < -0.3 is 0 Å². The summed E-state index contributed by atoms with van der Waals surface area (Å²) in [5.74, 6) is -0.199. The zero-order valence-corrected chi connectivity index (χ0v) is 17.6. The van der Waals surface area contributed by atoms with Crippen LogP contribution >= 0.6 is 11.8 Å². The second kappa shape index (κ2) is 9.28. The number of thioether (sulfide) groups is 1. The van der Waals surface area contributed by atoms with Crippen LogP contribution in [0.5, 0.6) is 0 Å². The van der Waals surface area contributed by atoms with Crippen LogP contribution in [0.3, 0.4) is 0 Å². The third-order valence-electron chi connectivity index (χ3n) is 5.35. The Hall–Kier alpha value is -2.89. The van der Waals surface area contributed by atoms with E-state index in [2.05, 4.69) is 90.4 Å². The largest absolute Gasteiger partial charge is 0.300 e. The molecule has 2 N–H and O–H groups in total. The Morgan fingerprint density at radius 2 is 1.40 bits per heavy atom. The Morgan fingerprint density at radius 1 is 0.833 bits per heavy atom. The fourth-order valence-corrected chi connectivity index (χ4v) is 4.57. The molecule has 0 bridgehead atoms. The topological polar surface area (TPSA) is 58.2 Å². The summed E-state index contributed by atoms with van der Waals surface area (Å²) in [6.07, 6.45) is 0.548. The van der Waals surface area contributed by atoms with Gasteiger partial charge in [-0.25, -0.2) is 0 Å². The Labute approximate surface area is 181 Å². The van der Waals surface area contributed by atoms with Crippen LogP contribution in [0.2, 0.25) is 0 Å². The maximum absolute atomic E-state index is 11.8. The van der Waals surface area contributed by atoms with Crippen LogP contribution in [0.15, 0.2) is 84.9 Å². The van der Waals surface area contributed by atoms with Crippen LogP contribution in [-0.2, 0) is 11.2 Å². The van der Waals surface area contributed by atoms with E-state index in [4.69, 9.17) is 0 Å². The molecule has 1 aliphatic heterocycles. The number of benzene rings is 3. The van der Waals surface area contributed by atoms with Crippen molar-refractivity contribution in [2.45, 2.75) is 30.7 Å². The molecule has 3 atom stereocenters. The first kappa shape index (κ1) is 20.4. The van der Waals surface area contributed by atoms with Crippen LogP contribution in [0.4, 0.5) is 4.79 Å². The van der Waals surface area contributed by atoms with Crippen LogP contribution in [0, 0.1) is 0 Å². The average Bonchev–Trinajstić information content (AvgIpc) is 3.10. The van der Waals surface area contributed by atoms with Gasteiger partial charge in [-0.15, -0.1) is 0 Å². The zero-order chi connectivity index (χ0) is 20.9. The summed E-state index contributed by atoms with van der Waals surface area (Å²) in [6, 6.07) is 29.4. The summed E-state index contributed by atoms with van der Waals surface area (Å²) in [6.45, 7) is 2.17. The molecular formula is C25H24N2O2S. The molecule has 0 saturated carbocycles. The van der Waals surface area contributed by atoms with E-state index in [1.807, 2.05) is 12.1 Å². The van der Waals surface area contributed by atoms with Crippen molar-refractivity contribution in [3.63, 3.8) is 0 Å². The highest BCUT2D eigenvalue weighted by Gasteiger charge is 2.31. The highest BCUT2D eigenvalue weighted by molar-refractivity contribution is 8.15. The van der Waals surface area contributed by atoms with Gasteiger partial charge in [0.25, 0.3) is 5.24 Å². The summed E-state index contributed by atoms with van der Waals surface area (Å²) in [7, 11) is 0. The van der Waals surface area contributed by atoms with E-state index < -0.39 is 0 Å². The second-order valence-electron chi connectivity index (χ2n) is 7.47. The number of carbonyl (C=O) groups is 2. The molecule has 152 valence electrons. The van der Waals surface area contributed by atoms with Crippen molar-refractivity contribution in [2.24, 2.45) is 0 Å². The normalized spacial score (nSPS) is 18.1. The number of amides is 2. The third-order valence-corrected chi connectivity index (χ3v) is 6.33. The number of nitrogens with one attached hydrogen (secondary N) is 2. The van der Waals surface area contributed by atoms with Crippen molar-refractivity contribution in [2.75, 3.05) is 0 Å². The maximum atomic E-state index is 11.8. The Kier molecular flexibility index (Phi) is 6.31.